The molecule has 0 aromatic heterocycles. The van der Waals surface area contributed by atoms with Gasteiger partial charge in [0, 0.05) is 6.54 Å². The van der Waals surface area contributed by atoms with Crippen LogP contribution >= 0.6 is 0 Å². The van der Waals surface area contributed by atoms with Crippen molar-refractivity contribution in [2.75, 3.05) is 20.6 Å². The third kappa shape index (κ3) is 3.24. The van der Waals surface area contributed by atoms with E-state index in [4.69, 9.17) is 0 Å². The summed E-state index contributed by atoms with van der Waals surface area (Å²) in [6, 6.07) is 0. The van der Waals surface area contributed by atoms with Crippen LogP contribution in [0.4, 0.5) is 0 Å². The van der Waals surface area contributed by atoms with E-state index in [9.17, 15) is 0 Å². The normalized spacial score (nSPS) is 32.7. The first-order chi connectivity index (χ1) is 5.18. The van der Waals surface area contributed by atoms with Crippen LogP contribution in [-0.2, 0) is 0 Å². The van der Waals surface area contributed by atoms with E-state index in [2.05, 4.69) is 25.9 Å². The Bertz CT molecular complexity index is 107. The minimum atomic E-state index is 0.980. The zero-order valence-corrected chi connectivity index (χ0v) is 8.14. The van der Waals surface area contributed by atoms with Crippen molar-refractivity contribution in [2.45, 2.75) is 32.6 Å². The molecule has 2 unspecified atom stereocenters. The molecule has 1 aliphatic carbocycles. The zero-order valence-electron chi connectivity index (χ0n) is 8.14. The standard InChI is InChI=1S/C10H21N/c1-9-5-4-6-10(7-9)8-11(2)3/h9-10H,4-8H2,1-3H3. The van der Waals surface area contributed by atoms with E-state index < -0.39 is 0 Å². The van der Waals surface area contributed by atoms with Gasteiger partial charge in [-0.15, -0.1) is 0 Å². The number of rotatable bonds is 2. The molecule has 0 spiro atoms. The van der Waals surface area contributed by atoms with Gasteiger partial charge in [-0.3, -0.25) is 0 Å². The van der Waals surface area contributed by atoms with E-state index in [0.29, 0.717) is 0 Å². The quantitative estimate of drug-likeness (QED) is 0.592. The molecule has 0 aromatic carbocycles. The molecular weight excluding hydrogens is 134 g/mol. The van der Waals surface area contributed by atoms with E-state index >= 15 is 0 Å². The molecule has 0 aromatic rings. The van der Waals surface area contributed by atoms with E-state index in [1.807, 2.05) is 0 Å². The summed E-state index contributed by atoms with van der Waals surface area (Å²) >= 11 is 0. The van der Waals surface area contributed by atoms with E-state index in [-0.39, 0.29) is 0 Å². The van der Waals surface area contributed by atoms with Gasteiger partial charge in [-0.2, -0.15) is 0 Å². The van der Waals surface area contributed by atoms with E-state index in [0.717, 1.165) is 11.8 Å². The van der Waals surface area contributed by atoms with Gasteiger partial charge in [0.25, 0.3) is 0 Å². The Labute approximate surface area is 70.8 Å². The van der Waals surface area contributed by atoms with Crippen molar-refractivity contribution in [1.82, 2.24) is 4.90 Å². The summed E-state index contributed by atoms with van der Waals surface area (Å²) in [7, 11) is 4.36. The lowest BCUT2D eigenvalue weighted by Crippen LogP contribution is -2.25. The van der Waals surface area contributed by atoms with Crippen LogP contribution in [0.2, 0.25) is 0 Å². The minimum Gasteiger partial charge on any atom is -0.309 e. The lowest BCUT2D eigenvalue weighted by molar-refractivity contribution is 0.224. The van der Waals surface area contributed by atoms with Crippen molar-refractivity contribution in [3.63, 3.8) is 0 Å². The second-order valence-corrected chi connectivity index (χ2v) is 4.40. The molecule has 66 valence electrons. The molecule has 1 nitrogen and oxygen atoms in total. The maximum absolute atomic E-state index is 2.39. The van der Waals surface area contributed by atoms with Gasteiger partial charge in [0.2, 0.25) is 0 Å². The van der Waals surface area contributed by atoms with Crippen LogP contribution in [0.3, 0.4) is 0 Å². The second-order valence-electron chi connectivity index (χ2n) is 4.40. The van der Waals surface area contributed by atoms with Gasteiger partial charge in [0.1, 0.15) is 0 Å². The van der Waals surface area contributed by atoms with Gasteiger partial charge in [0.05, 0.1) is 0 Å². The average molecular weight is 155 g/mol. The summed E-state index contributed by atoms with van der Waals surface area (Å²) in [6.45, 7) is 3.69. The largest absolute Gasteiger partial charge is 0.309 e. The van der Waals surface area contributed by atoms with Crippen LogP contribution in [0.25, 0.3) is 0 Å². The highest BCUT2D eigenvalue weighted by Gasteiger charge is 2.18. The van der Waals surface area contributed by atoms with Crippen LogP contribution in [0.1, 0.15) is 32.6 Å². The van der Waals surface area contributed by atoms with Crippen molar-refractivity contribution < 1.29 is 0 Å². The third-order valence-corrected chi connectivity index (χ3v) is 2.67. The van der Waals surface area contributed by atoms with Crippen LogP contribution in [0.15, 0.2) is 0 Å². The first-order valence-electron chi connectivity index (χ1n) is 4.83. The first-order valence-corrected chi connectivity index (χ1v) is 4.83. The SMILES string of the molecule is CC1CCCC(CN(C)C)C1. The van der Waals surface area contributed by atoms with Crippen molar-refractivity contribution >= 4 is 0 Å². The molecule has 1 heteroatoms. The molecule has 0 bridgehead atoms. The summed E-state index contributed by atoms with van der Waals surface area (Å²) in [6.07, 6.45) is 5.84. The Morgan fingerprint density at radius 2 is 2.00 bits per heavy atom. The second kappa shape index (κ2) is 4.10. The van der Waals surface area contributed by atoms with Gasteiger partial charge in [0.15, 0.2) is 0 Å². The number of hydrogen-bond donors (Lipinski definition) is 0. The highest BCUT2D eigenvalue weighted by Crippen LogP contribution is 2.28. The summed E-state index contributed by atoms with van der Waals surface area (Å²) in [5, 5.41) is 0. The number of nitrogens with zero attached hydrogens (tertiary/aromatic N) is 1. The fourth-order valence-corrected chi connectivity index (χ4v) is 2.24. The highest BCUT2D eigenvalue weighted by molar-refractivity contribution is 4.71. The molecule has 1 saturated carbocycles. The van der Waals surface area contributed by atoms with Crippen LogP contribution in [-0.4, -0.2) is 25.5 Å². The van der Waals surface area contributed by atoms with Gasteiger partial charge in [-0.05, 0) is 38.8 Å². The molecular formula is C10H21N. The monoisotopic (exact) mass is 155 g/mol. The molecule has 1 aliphatic rings. The Balaban J connectivity index is 2.23. The average Bonchev–Trinajstić information content (AvgIpc) is 1.85. The van der Waals surface area contributed by atoms with Crippen LogP contribution in [0.5, 0.6) is 0 Å². The Kier molecular flexibility index (Phi) is 3.38. The van der Waals surface area contributed by atoms with E-state index in [1.54, 1.807) is 0 Å². The predicted octanol–water partition coefficient (Wildman–Crippen LogP) is 2.37. The number of hydrogen-bond acceptors (Lipinski definition) is 1. The molecule has 0 amide bonds. The van der Waals surface area contributed by atoms with Crippen molar-refractivity contribution in [3.05, 3.63) is 0 Å². The van der Waals surface area contributed by atoms with Gasteiger partial charge in [-0.1, -0.05) is 19.8 Å². The van der Waals surface area contributed by atoms with Gasteiger partial charge < -0.3 is 4.90 Å². The van der Waals surface area contributed by atoms with E-state index in [1.165, 1.54) is 32.2 Å². The molecule has 0 saturated heterocycles. The lowest BCUT2D eigenvalue weighted by atomic mass is 9.82. The molecule has 0 aliphatic heterocycles. The zero-order chi connectivity index (χ0) is 8.27. The molecule has 1 rings (SSSR count). The van der Waals surface area contributed by atoms with Crippen molar-refractivity contribution in [2.24, 2.45) is 11.8 Å². The first kappa shape index (κ1) is 9.05. The summed E-state index contributed by atoms with van der Waals surface area (Å²) in [5.74, 6) is 1.96. The summed E-state index contributed by atoms with van der Waals surface area (Å²) < 4.78 is 0. The smallest absolute Gasteiger partial charge is 0.000366 e. The topological polar surface area (TPSA) is 3.24 Å². The highest BCUT2D eigenvalue weighted by atomic mass is 15.1. The molecule has 0 radical (unpaired) electrons. The minimum absolute atomic E-state index is 0.980. The summed E-state index contributed by atoms with van der Waals surface area (Å²) in [5.41, 5.74) is 0. The maximum atomic E-state index is 2.39. The Hall–Kier alpha value is -0.0400. The van der Waals surface area contributed by atoms with Gasteiger partial charge in [-0.25, -0.2) is 0 Å². The Morgan fingerprint density at radius 1 is 1.27 bits per heavy atom. The molecule has 11 heavy (non-hydrogen) atoms. The van der Waals surface area contributed by atoms with Crippen molar-refractivity contribution in [3.8, 4) is 0 Å². The Morgan fingerprint density at radius 3 is 2.55 bits per heavy atom. The fourth-order valence-electron chi connectivity index (χ4n) is 2.24. The lowest BCUT2D eigenvalue weighted by Gasteiger charge is -2.28. The molecule has 0 N–H and O–H groups in total. The molecule has 0 heterocycles. The van der Waals surface area contributed by atoms with Gasteiger partial charge >= 0.3 is 0 Å². The van der Waals surface area contributed by atoms with Crippen molar-refractivity contribution in [1.29, 1.82) is 0 Å². The fraction of sp³-hybridized carbons (Fsp3) is 1.00. The molecule has 2 atom stereocenters. The maximum Gasteiger partial charge on any atom is 0.000366 e. The van der Waals surface area contributed by atoms with Crippen LogP contribution < -0.4 is 0 Å². The van der Waals surface area contributed by atoms with Crippen LogP contribution in [0, 0.1) is 11.8 Å². The molecule has 1 fully saturated rings. The summed E-state index contributed by atoms with van der Waals surface area (Å²) in [4.78, 5) is 2.32. The third-order valence-electron chi connectivity index (χ3n) is 2.67. The predicted molar refractivity (Wildman–Crippen MR) is 49.7 cm³/mol.